The molecule has 0 saturated carbocycles. The minimum atomic E-state index is -0.463. The van der Waals surface area contributed by atoms with E-state index in [2.05, 4.69) is 10.6 Å². The molecule has 10 heteroatoms. The van der Waals surface area contributed by atoms with Crippen LogP contribution in [-0.4, -0.2) is 37.8 Å². The lowest BCUT2D eigenvalue weighted by atomic mass is 10.0. The van der Waals surface area contributed by atoms with Crippen LogP contribution in [0.25, 0.3) is 11.1 Å². The Morgan fingerprint density at radius 3 is 1.29 bits per heavy atom. The maximum Gasteiger partial charge on any atom is 0.259 e. The van der Waals surface area contributed by atoms with Crippen LogP contribution in [0.15, 0.2) is 57.3 Å². The summed E-state index contributed by atoms with van der Waals surface area (Å²) in [5, 5.41) is 4.64. The number of hydrogen-bond acceptors (Lipinski definition) is 8. The average Bonchev–Trinajstić information content (AvgIpc) is 3.23. The lowest BCUT2D eigenvalue weighted by Gasteiger charge is -2.14. The molecule has 2 N–H and O–H groups in total. The van der Waals surface area contributed by atoms with Crippen LogP contribution < -0.4 is 20.1 Å². The van der Waals surface area contributed by atoms with E-state index < -0.39 is 23.6 Å². The Morgan fingerprint density at radius 1 is 0.618 bits per heavy atom. The number of imide groups is 2. The molecule has 2 aliphatic rings. The maximum absolute atomic E-state index is 12.5. The summed E-state index contributed by atoms with van der Waals surface area (Å²) in [7, 11) is 5.76. The molecular weight excluding hydrogens is 476 g/mol. The largest absolute Gasteiger partial charge is 0.497 e. The molecule has 2 heterocycles. The molecule has 8 nitrogen and oxygen atoms in total. The van der Waals surface area contributed by atoms with Crippen LogP contribution in [0.4, 0.5) is 0 Å². The monoisotopic (exact) mass is 496 g/mol. The molecule has 0 aliphatic carbocycles. The van der Waals surface area contributed by atoms with Gasteiger partial charge in [-0.05, 0) is 50.2 Å². The van der Waals surface area contributed by atoms with Crippen LogP contribution >= 0.6 is 21.6 Å². The van der Waals surface area contributed by atoms with Crippen LogP contribution in [0.1, 0.15) is 25.0 Å². The van der Waals surface area contributed by atoms with Crippen LogP contribution in [0.3, 0.4) is 0 Å². The van der Waals surface area contributed by atoms with Crippen molar-refractivity contribution in [3.63, 3.8) is 0 Å². The Labute approximate surface area is 203 Å². The first-order chi connectivity index (χ1) is 16.2. The summed E-state index contributed by atoms with van der Waals surface area (Å²) >= 11 is 0. The van der Waals surface area contributed by atoms with E-state index >= 15 is 0 Å². The molecular formula is C24H20N2O6S2. The highest BCUT2D eigenvalue weighted by Crippen LogP contribution is 2.46. The number of amides is 4. The molecule has 0 spiro atoms. The van der Waals surface area contributed by atoms with Crippen molar-refractivity contribution in [2.45, 2.75) is 23.6 Å². The molecule has 0 atom stereocenters. The highest BCUT2D eigenvalue weighted by molar-refractivity contribution is 8.76. The first kappa shape index (κ1) is 23.7. The van der Waals surface area contributed by atoms with Crippen LogP contribution in [-0.2, 0) is 19.2 Å². The third-order valence-corrected chi connectivity index (χ3v) is 7.95. The van der Waals surface area contributed by atoms with E-state index in [-0.39, 0.29) is 0 Å². The second-order valence-electron chi connectivity index (χ2n) is 7.46. The Morgan fingerprint density at radius 2 is 1.00 bits per heavy atom. The van der Waals surface area contributed by atoms with Gasteiger partial charge in [0, 0.05) is 32.1 Å². The number of carbonyl (C=O) groups excluding carboxylic acids is 4. The van der Waals surface area contributed by atoms with Gasteiger partial charge in [-0.1, -0.05) is 21.6 Å². The molecule has 0 unspecified atom stereocenters. The van der Waals surface area contributed by atoms with Crippen molar-refractivity contribution in [2.24, 2.45) is 0 Å². The molecule has 0 saturated heterocycles. The fourth-order valence-electron chi connectivity index (χ4n) is 3.63. The molecule has 2 aromatic rings. The minimum absolute atomic E-state index is 0.293. The van der Waals surface area contributed by atoms with Crippen molar-refractivity contribution >= 4 is 56.4 Å². The van der Waals surface area contributed by atoms with E-state index in [0.717, 1.165) is 9.79 Å². The van der Waals surface area contributed by atoms with Gasteiger partial charge in [-0.25, -0.2) is 0 Å². The standard InChI is InChI=1S/C24H20N2O6S2/c1-11-19(23(29)25-21(11)27)15-9-13(31-3)5-7-17(15)33-34-18-8-6-14(32-4)10-16(18)20-12(2)22(28)26-24(20)30/h5-10H,1-4H3,(H,25,27,29)(H,26,28,30). The first-order valence-corrected chi connectivity index (χ1v) is 12.2. The van der Waals surface area contributed by atoms with Crippen molar-refractivity contribution in [1.82, 2.24) is 10.6 Å². The van der Waals surface area contributed by atoms with E-state index in [1.807, 2.05) is 12.1 Å². The van der Waals surface area contributed by atoms with Crippen molar-refractivity contribution < 1.29 is 28.7 Å². The molecule has 0 aromatic heterocycles. The van der Waals surface area contributed by atoms with Gasteiger partial charge in [0.2, 0.25) is 0 Å². The number of hydrogen-bond donors (Lipinski definition) is 2. The van der Waals surface area contributed by atoms with Gasteiger partial charge in [-0.15, -0.1) is 0 Å². The van der Waals surface area contributed by atoms with Gasteiger partial charge in [-0.2, -0.15) is 0 Å². The van der Waals surface area contributed by atoms with Crippen LogP contribution in [0, 0.1) is 0 Å². The number of ether oxygens (including phenoxy) is 2. The van der Waals surface area contributed by atoms with Crippen molar-refractivity contribution in [1.29, 1.82) is 0 Å². The van der Waals surface area contributed by atoms with Gasteiger partial charge >= 0.3 is 0 Å². The summed E-state index contributed by atoms with van der Waals surface area (Å²) in [5.74, 6) is -0.691. The van der Waals surface area contributed by atoms with Gasteiger partial charge in [-0.3, -0.25) is 29.8 Å². The van der Waals surface area contributed by atoms with Crippen molar-refractivity contribution in [2.75, 3.05) is 14.2 Å². The zero-order valence-corrected chi connectivity index (χ0v) is 20.4. The van der Waals surface area contributed by atoms with E-state index in [1.54, 1.807) is 38.1 Å². The van der Waals surface area contributed by atoms with E-state index in [4.69, 9.17) is 9.47 Å². The van der Waals surface area contributed by atoms with E-state index in [1.165, 1.54) is 35.8 Å². The first-order valence-electron chi connectivity index (χ1n) is 10.1. The van der Waals surface area contributed by atoms with Gasteiger partial charge in [0.25, 0.3) is 23.6 Å². The summed E-state index contributed by atoms with van der Waals surface area (Å²) < 4.78 is 10.6. The van der Waals surface area contributed by atoms with Gasteiger partial charge in [0.05, 0.1) is 25.4 Å². The van der Waals surface area contributed by atoms with E-state index in [0.29, 0.717) is 44.9 Å². The highest BCUT2D eigenvalue weighted by Gasteiger charge is 2.32. The molecule has 0 fully saturated rings. The number of benzene rings is 2. The molecule has 2 aromatic carbocycles. The zero-order valence-electron chi connectivity index (χ0n) is 18.7. The summed E-state index contributed by atoms with van der Waals surface area (Å²) in [6.45, 7) is 3.20. The molecule has 34 heavy (non-hydrogen) atoms. The summed E-state index contributed by atoms with van der Waals surface area (Å²) in [6, 6.07) is 10.6. The molecule has 2 aliphatic heterocycles. The molecule has 174 valence electrons. The molecule has 4 rings (SSSR count). The second-order valence-corrected chi connectivity index (χ2v) is 9.67. The molecule has 4 amide bonds. The van der Waals surface area contributed by atoms with Crippen LogP contribution in [0.5, 0.6) is 11.5 Å². The fraction of sp³-hybridized carbons (Fsp3) is 0.167. The van der Waals surface area contributed by atoms with Gasteiger partial charge in [0.15, 0.2) is 0 Å². The quantitative estimate of drug-likeness (QED) is 0.444. The highest BCUT2D eigenvalue weighted by atomic mass is 33.1. The molecule has 0 radical (unpaired) electrons. The van der Waals surface area contributed by atoms with Crippen molar-refractivity contribution in [3.05, 3.63) is 58.7 Å². The molecule has 0 bridgehead atoms. The lowest BCUT2D eigenvalue weighted by Crippen LogP contribution is -2.22. The average molecular weight is 497 g/mol. The summed E-state index contributed by atoms with van der Waals surface area (Å²) in [5.41, 5.74) is 2.38. The number of nitrogens with one attached hydrogen (secondary N) is 2. The predicted molar refractivity (Wildman–Crippen MR) is 129 cm³/mol. The number of rotatable bonds is 7. The normalized spacial score (nSPS) is 15.8. The summed E-state index contributed by atoms with van der Waals surface area (Å²) in [6.07, 6.45) is 0. The predicted octanol–water partition coefficient (Wildman–Crippen LogP) is 3.36. The van der Waals surface area contributed by atoms with Crippen LogP contribution in [0.2, 0.25) is 0 Å². The number of methoxy groups -OCH3 is 2. The second kappa shape index (κ2) is 9.40. The Kier molecular flexibility index (Phi) is 6.54. The maximum atomic E-state index is 12.5. The Hall–Kier alpha value is -3.50. The SMILES string of the molecule is COc1ccc(SSc2ccc(OC)cc2C2=C(C)C(=O)NC2=O)c(C2=C(C)C(=O)NC2=O)c1. The van der Waals surface area contributed by atoms with Gasteiger partial charge < -0.3 is 9.47 Å². The smallest absolute Gasteiger partial charge is 0.259 e. The topological polar surface area (TPSA) is 111 Å². The van der Waals surface area contributed by atoms with Gasteiger partial charge in [0.1, 0.15) is 11.5 Å². The third kappa shape index (κ3) is 4.22. The third-order valence-electron chi connectivity index (χ3n) is 5.47. The fourth-order valence-corrected chi connectivity index (χ4v) is 5.97. The Bertz CT molecular complexity index is 1230. The lowest BCUT2D eigenvalue weighted by molar-refractivity contribution is -0.125. The Balaban J connectivity index is 1.75. The number of carbonyl (C=O) groups is 4. The van der Waals surface area contributed by atoms with E-state index in [9.17, 15) is 19.2 Å². The minimum Gasteiger partial charge on any atom is -0.497 e. The zero-order chi connectivity index (χ0) is 24.6. The van der Waals surface area contributed by atoms with Crippen molar-refractivity contribution in [3.8, 4) is 11.5 Å². The summed E-state index contributed by atoms with van der Waals surface area (Å²) in [4.78, 5) is 50.5.